The summed E-state index contributed by atoms with van der Waals surface area (Å²) in [6.07, 6.45) is 3.92. The number of aryl methyl sites for hydroxylation is 3. The molecule has 0 radical (unpaired) electrons. The normalized spacial score (nSPS) is 14.8. The summed E-state index contributed by atoms with van der Waals surface area (Å²) >= 11 is 0. The number of hydrogen-bond donors (Lipinski definition) is 1. The molecule has 3 aromatic rings. The van der Waals surface area contributed by atoms with E-state index in [-0.39, 0.29) is 5.91 Å². The first-order valence-electron chi connectivity index (χ1n) is 10.6. The standard InChI is InChI=1S/C23H29N5O2/c1-16-15-20(21-17(2)26-27(3)22(21)24-16)23(29)25-18-7-9-19(10-8-18)30-14-13-28-11-5-4-6-12-28/h7-10,15H,4-6,11-14H2,1-3H3,(H,25,29). The number of hydrogen-bond acceptors (Lipinski definition) is 5. The van der Waals surface area contributed by atoms with E-state index >= 15 is 0 Å². The van der Waals surface area contributed by atoms with Crippen molar-refractivity contribution in [2.45, 2.75) is 33.1 Å². The molecule has 1 aromatic carbocycles. The van der Waals surface area contributed by atoms with Crippen LogP contribution in [0.15, 0.2) is 30.3 Å². The fourth-order valence-electron chi connectivity index (χ4n) is 4.06. The lowest BCUT2D eigenvalue weighted by Gasteiger charge is -2.26. The van der Waals surface area contributed by atoms with Gasteiger partial charge in [-0.15, -0.1) is 0 Å². The third-order valence-electron chi connectivity index (χ3n) is 5.58. The summed E-state index contributed by atoms with van der Waals surface area (Å²) < 4.78 is 7.58. The first-order chi connectivity index (χ1) is 14.5. The van der Waals surface area contributed by atoms with Crippen molar-refractivity contribution in [3.8, 4) is 5.75 Å². The van der Waals surface area contributed by atoms with Crippen molar-refractivity contribution in [3.05, 3.63) is 47.3 Å². The first-order valence-corrected chi connectivity index (χ1v) is 10.6. The second kappa shape index (κ2) is 8.83. The minimum Gasteiger partial charge on any atom is -0.492 e. The summed E-state index contributed by atoms with van der Waals surface area (Å²) in [4.78, 5) is 19.9. The number of nitrogens with zero attached hydrogens (tertiary/aromatic N) is 4. The molecule has 0 aliphatic carbocycles. The van der Waals surface area contributed by atoms with E-state index in [1.165, 1.54) is 32.4 Å². The van der Waals surface area contributed by atoms with Gasteiger partial charge in [-0.1, -0.05) is 6.42 Å². The summed E-state index contributed by atoms with van der Waals surface area (Å²) in [5.74, 6) is 0.649. The zero-order chi connectivity index (χ0) is 21.1. The fraction of sp³-hybridized carbons (Fsp3) is 0.435. The molecule has 1 fully saturated rings. The van der Waals surface area contributed by atoms with Gasteiger partial charge in [-0.3, -0.25) is 14.4 Å². The molecule has 1 N–H and O–H groups in total. The topological polar surface area (TPSA) is 72.3 Å². The zero-order valence-electron chi connectivity index (χ0n) is 17.9. The number of carbonyl (C=O) groups is 1. The molecule has 1 aliphatic heterocycles. The van der Waals surface area contributed by atoms with Gasteiger partial charge in [0.05, 0.1) is 16.6 Å². The number of nitrogens with one attached hydrogen (secondary N) is 1. The molecule has 3 heterocycles. The Hall–Kier alpha value is -2.93. The Balaban J connectivity index is 1.40. The van der Waals surface area contributed by atoms with Crippen LogP contribution in [0.2, 0.25) is 0 Å². The van der Waals surface area contributed by atoms with Crippen LogP contribution in [0.25, 0.3) is 11.0 Å². The highest BCUT2D eigenvalue weighted by Gasteiger charge is 2.18. The van der Waals surface area contributed by atoms with Gasteiger partial charge in [0.15, 0.2) is 5.65 Å². The van der Waals surface area contributed by atoms with E-state index in [2.05, 4.69) is 20.3 Å². The molecule has 7 nitrogen and oxygen atoms in total. The van der Waals surface area contributed by atoms with Gasteiger partial charge in [-0.25, -0.2) is 4.98 Å². The third kappa shape index (κ3) is 4.46. The van der Waals surface area contributed by atoms with Crippen LogP contribution >= 0.6 is 0 Å². The number of fused-ring (bicyclic) bond motifs is 1. The Morgan fingerprint density at radius 1 is 1.13 bits per heavy atom. The van der Waals surface area contributed by atoms with Gasteiger partial charge in [0.1, 0.15) is 12.4 Å². The van der Waals surface area contributed by atoms with Gasteiger partial charge in [0, 0.05) is 25.0 Å². The van der Waals surface area contributed by atoms with Crippen LogP contribution in [0.5, 0.6) is 5.75 Å². The maximum Gasteiger partial charge on any atom is 0.256 e. The SMILES string of the molecule is Cc1cc(C(=O)Nc2ccc(OCCN3CCCCC3)cc2)c2c(C)nn(C)c2n1. The predicted molar refractivity (Wildman–Crippen MR) is 118 cm³/mol. The Morgan fingerprint density at radius 3 is 2.60 bits per heavy atom. The van der Waals surface area contributed by atoms with Gasteiger partial charge in [-0.05, 0) is 70.1 Å². The number of pyridine rings is 1. The minimum atomic E-state index is -0.166. The molecule has 0 atom stereocenters. The Morgan fingerprint density at radius 2 is 1.87 bits per heavy atom. The number of anilines is 1. The van der Waals surface area contributed by atoms with Crippen molar-refractivity contribution in [1.29, 1.82) is 0 Å². The van der Waals surface area contributed by atoms with Crippen molar-refractivity contribution in [1.82, 2.24) is 19.7 Å². The molecular weight excluding hydrogens is 378 g/mol. The lowest BCUT2D eigenvalue weighted by molar-refractivity contribution is 0.102. The van der Waals surface area contributed by atoms with Gasteiger partial charge in [-0.2, -0.15) is 5.10 Å². The second-order valence-electron chi connectivity index (χ2n) is 7.95. The summed E-state index contributed by atoms with van der Waals surface area (Å²) in [5.41, 5.74) is 3.61. The first kappa shape index (κ1) is 20.3. The number of piperidine rings is 1. The molecule has 0 unspecified atom stereocenters. The molecule has 0 spiro atoms. The summed E-state index contributed by atoms with van der Waals surface area (Å²) in [6, 6.07) is 9.35. The van der Waals surface area contributed by atoms with Gasteiger partial charge in [0.25, 0.3) is 5.91 Å². The van der Waals surface area contributed by atoms with Crippen LogP contribution in [0.4, 0.5) is 5.69 Å². The third-order valence-corrected chi connectivity index (χ3v) is 5.58. The fourth-order valence-corrected chi connectivity index (χ4v) is 4.06. The smallest absolute Gasteiger partial charge is 0.256 e. The van der Waals surface area contributed by atoms with Crippen molar-refractivity contribution in [2.24, 2.45) is 7.05 Å². The molecule has 0 saturated carbocycles. The number of ether oxygens (including phenoxy) is 1. The lowest BCUT2D eigenvalue weighted by Crippen LogP contribution is -2.33. The number of likely N-dealkylation sites (tertiary alicyclic amines) is 1. The molecule has 2 aromatic heterocycles. The number of benzene rings is 1. The summed E-state index contributed by atoms with van der Waals surface area (Å²) in [7, 11) is 1.84. The van der Waals surface area contributed by atoms with Crippen molar-refractivity contribution in [2.75, 3.05) is 31.6 Å². The summed E-state index contributed by atoms with van der Waals surface area (Å²) in [6.45, 7) is 7.76. The van der Waals surface area contributed by atoms with Crippen LogP contribution < -0.4 is 10.1 Å². The molecular formula is C23H29N5O2. The van der Waals surface area contributed by atoms with Crippen LogP contribution in [0.3, 0.4) is 0 Å². The van der Waals surface area contributed by atoms with Crippen LogP contribution in [0.1, 0.15) is 41.0 Å². The van der Waals surface area contributed by atoms with Gasteiger partial charge in [0.2, 0.25) is 0 Å². The van der Waals surface area contributed by atoms with Crippen LogP contribution in [-0.2, 0) is 7.05 Å². The van der Waals surface area contributed by atoms with Crippen LogP contribution in [-0.4, -0.2) is 51.8 Å². The number of rotatable bonds is 6. The Bertz CT molecular complexity index is 1040. The second-order valence-corrected chi connectivity index (χ2v) is 7.95. The highest BCUT2D eigenvalue weighted by atomic mass is 16.5. The van der Waals surface area contributed by atoms with E-state index < -0.39 is 0 Å². The van der Waals surface area contributed by atoms with Crippen molar-refractivity contribution >= 4 is 22.6 Å². The zero-order valence-corrected chi connectivity index (χ0v) is 17.9. The quantitative estimate of drug-likeness (QED) is 0.675. The van der Waals surface area contributed by atoms with E-state index in [0.29, 0.717) is 12.2 Å². The van der Waals surface area contributed by atoms with E-state index in [0.717, 1.165) is 40.4 Å². The Labute approximate surface area is 177 Å². The lowest BCUT2D eigenvalue weighted by atomic mass is 10.1. The van der Waals surface area contributed by atoms with E-state index in [1.807, 2.05) is 51.2 Å². The predicted octanol–water partition coefficient (Wildman–Crippen LogP) is 3.70. The number of carbonyl (C=O) groups excluding carboxylic acids is 1. The number of amides is 1. The van der Waals surface area contributed by atoms with Crippen molar-refractivity contribution in [3.63, 3.8) is 0 Å². The van der Waals surface area contributed by atoms with Gasteiger partial charge >= 0.3 is 0 Å². The highest BCUT2D eigenvalue weighted by Crippen LogP contribution is 2.23. The van der Waals surface area contributed by atoms with Crippen molar-refractivity contribution < 1.29 is 9.53 Å². The summed E-state index contributed by atoms with van der Waals surface area (Å²) in [5, 5.41) is 8.18. The Kier molecular flexibility index (Phi) is 5.99. The van der Waals surface area contributed by atoms with Gasteiger partial charge < -0.3 is 10.1 Å². The van der Waals surface area contributed by atoms with E-state index in [1.54, 1.807) is 4.68 Å². The largest absolute Gasteiger partial charge is 0.492 e. The molecule has 30 heavy (non-hydrogen) atoms. The minimum absolute atomic E-state index is 0.166. The molecule has 4 rings (SSSR count). The molecule has 1 amide bonds. The molecule has 158 valence electrons. The molecule has 7 heteroatoms. The monoisotopic (exact) mass is 407 g/mol. The number of aromatic nitrogens is 3. The van der Waals surface area contributed by atoms with E-state index in [4.69, 9.17) is 4.74 Å². The molecule has 1 saturated heterocycles. The average Bonchev–Trinajstić information content (AvgIpc) is 3.03. The van der Waals surface area contributed by atoms with Crippen LogP contribution in [0, 0.1) is 13.8 Å². The maximum absolute atomic E-state index is 13.0. The molecule has 1 aliphatic rings. The average molecular weight is 408 g/mol. The van der Waals surface area contributed by atoms with E-state index in [9.17, 15) is 4.79 Å². The highest BCUT2D eigenvalue weighted by molar-refractivity contribution is 6.12. The molecule has 0 bridgehead atoms. The maximum atomic E-state index is 13.0.